The van der Waals surface area contributed by atoms with Crippen LogP contribution in [0.2, 0.25) is 5.02 Å². The first-order valence-corrected chi connectivity index (χ1v) is 14.8. The molecular formula is C32H30BrCl2N3O6. The molecule has 1 aromatic heterocycles. The molecule has 0 spiro atoms. The lowest BCUT2D eigenvalue weighted by Gasteiger charge is -2.19. The van der Waals surface area contributed by atoms with Crippen LogP contribution in [0, 0.1) is 0 Å². The number of esters is 1. The molecule has 0 radical (unpaired) electrons. The van der Waals surface area contributed by atoms with Gasteiger partial charge in [-0.2, -0.15) is 0 Å². The van der Waals surface area contributed by atoms with Crippen molar-refractivity contribution in [1.29, 1.82) is 0 Å². The molecule has 1 unspecified atom stereocenters. The number of carbonyl (C=O) groups excluding carboxylic acids is 1. The number of halogens is 3. The van der Waals surface area contributed by atoms with Crippen molar-refractivity contribution in [1.82, 2.24) is 15.6 Å². The number of aromatic nitrogens is 2. The molecule has 0 aliphatic rings. The van der Waals surface area contributed by atoms with E-state index in [4.69, 9.17) is 30.4 Å². The maximum atomic E-state index is 12.2. The Balaban J connectivity index is 0.00000442. The summed E-state index contributed by atoms with van der Waals surface area (Å²) in [5.74, 6) is 0.372. The number of benzene rings is 4. The van der Waals surface area contributed by atoms with Crippen molar-refractivity contribution in [3.8, 4) is 22.6 Å². The van der Waals surface area contributed by atoms with Crippen molar-refractivity contribution in [3.05, 3.63) is 105 Å². The number of nitrogens with one attached hydrogen (secondary N) is 1. The molecule has 230 valence electrons. The molecule has 0 fully saturated rings. The van der Waals surface area contributed by atoms with E-state index < -0.39 is 18.6 Å². The molecule has 4 aromatic carbocycles. The van der Waals surface area contributed by atoms with E-state index in [0.29, 0.717) is 33.1 Å². The average Bonchev–Trinajstić information content (AvgIpc) is 3.49. The normalized spacial score (nSPS) is 11.5. The molecule has 0 saturated heterocycles. The third-order valence-corrected chi connectivity index (χ3v) is 7.90. The number of aliphatic hydroxyl groups is 1. The molecule has 2 N–H and O–H groups in total. The number of carbonyl (C=O) groups is 1. The molecule has 5 rings (SSSR count). The van der Waals surface area contributed by atoms with Crippen LogP contribution in [-0.2, 0) is 29.3 Å². The second kappa shape index (κ2) is 15.9. The second-order valence-electron chi connectivity index (χ2n) is 9.57. The van der Waals surface area contributed by atoms with Crippen LogP contribution >= 0.6 is 39.9 Å². The molecule has 9 nitrogen and oxygen atoms in total. The number of ether oxygens (including phenoxy) is 3. The summed E-state index contributed by atoms with van der Waals surface area (Å²) in [6.07, 6.45) is 0. The number of aliphatic hydroxyl groups excluding tert-OH is 1. The minimum atomic E-state index is -0.904. The van der Waals surface area contributed by atoms with Crippen molar-refractivity contribution >= 4 is 56.9 Å². The van der Waals surface area contributed by atoms with Gasteiger partial charge in [-0.1, -0.05) is 66.2 Å². The van der Waals surface area contributed by atoms with Crippen molar-refractivity contribution in [2.45, 2.75) is 32.7 Å². The van der Waals surface area contributed by atoms with Crippen LogP contribution in [0.25, 0.3) is 22.2 Å². The Morgan fingerprint density at radius 2 is 1.73 bits per heavy atom. The second-order valence-corrected chi connectivity index (χ2v) is 10.8. The molecule has 0 aliphatic heterocycles. The first-order chi connectivity index (χ1) is 21.0. The van der Waals surface area contributed by atoms with Crippen LogP contribution < -0.4 is 14.8 Å². The van der Waals surface area contributed by atoms with Crippen molar-refractivity contribution in [2.24, 2.45) is 0 Å². The van der Waals surface area contributed by atoms with E-state index in [-0.39, 0.29) is 38.8 Å². The predicted molar refractivity (Wildman–Crippen MR) is 173 cm³/mol. The third kappa shape index (κ3) is 8.08. The fourth-order valence-corrected chi connectivity index (χ4v) is 5.27. The molecular weight excluding hydrogens is 673 g/mol. The van der Waals surface area contributed by atoms with Gasteiger partial charge in [0.1, 0.15) is 41.8 Å². The van der Waals surface area contributed by atoms with E-state index >= 15 is 0 Å². The average molecular weight is 703 g/mol. The zero-order valence-electron chi connectivity index (χ0n) is 23.7. The highest BCUT2D eigenvalue weighted by Crippen LogP contribution is 2.36. The largest absolute Gasteiger partial charge is 0.488 e. The van der Waals surface area contributed by atoms with Crippen LogP contribution in [-0.4, -0.2) is 40.6 Å². The van der Waals surface area contributed by atoms with Crippen molar-refractivity contribution < 1.29 is 28.7 Å². The Labute approximate surface area is 274 Å². The lowest BCUT2D eigenvalue weighted by atomic mass is 10.0. The zero-order valence-corrected chi connectivity index (χ0v) is 26.8. The maximum absolute atomic E-state index is 12.2. The lowest BCUT2D eigenvalue weighted by Crippen LogP contribution is -2.40. The summed E-state index contributed by atoms with van der Waals surface area (Å²) in [5, 5.41) is 20.8. The standard InChI is InChI=1S/C32H29BrClN3O6.ClH/c1-2-40-32(39)28(17-38)35-16-23-14-25(34)30(15-29(23)41-18-20-11-12-26-27(13-20)37-43-36-26)42-19-22-9-6-10-24(31(22)33)21-7-4-3-5-8-21;/h3-15,28,35,38H,2,16-19H2,1H3;1H. The van der Waals surface area contributed by atoms with Gasteiger partial charge in [0.25, 0.3) is 0 Å². The number of hydrogen-bond donors (Lipinski definition) is 2. The number of rotatable bonds is 13. The minimum Gasteiger partial charge on any atom is -0.488 e. The highest BCUT2D eigenvalue weighted by Gasteiger charge is 2.20. The fourth-order valence-electron chi connectivity index (χ4n) is 4.42. The summed E-state index contributed by atoms with van der Waals surface area (Å²) >= 11 is 10.4. The first-order valence-electron chi connectivity index (χ1n) is 13.6. The van der Waals surface area contributed by atoms with Gasteiger partial charge in [-0.3, -0.25) is 10.1 Å². The third-order valence-electron chi connectivity index (χ3n) is 6.67. The topological polar surface area (TPSA) is 116 Å². The lowest BCUT2D eigenvalue weighted by molar-refractivity contribution is -0.146. The van der Waals surface area contributed by atoms with Gasteiger partial charge in [-0.05, 0) is 68.1 Å². The van der Waals surface area contributed by atoms with Crippen LogP contribution in [0.15, 0.2) is 88.0 Å². The van der Waals surface area contributed by atoms with Crippen LogP contribution in [0.3, 0.4) is 0 Å². The summed E-state index contributed by atoms with van der Waals surface area (Å²) in [6, 6.07) is 24.2. The molecule has 12 heteroatoms. The maximum Gasteiger partial charge on any atom is 0.325 e. The van der Waals surface area contributed by atoms with Crippen LogP contribution in [0.1, 0.15) is 23.6 Å². The fraction of sp³-hybridized carbons (Fsp3) is 0.219. The molecule has 44 heavy (non-hydrogen) atoms. The van der Waals surface area contributed by atoms with E-state index in [1.165, 1.54) is 0 Å². The predicted octanol–water partition coefficient (Wildman–Crippen LogP) is 6.90. The van der Waals surface area contributed by atoms with Gasteiger partial charge in [-0.25, -0.2) is 4.63 Å². The minimum absolute atomic E-state index is 0. The Kier molecular flexibility index (Phi) is 12.0. The summed E-state index contributed by atoms with van der Waals surface area (Å²) in [5.41, 5.74) is 5.86. The van der Waals surface area contributed by atoms with Crippen LogP contribution in [0.4, 0.5) is 0 Å². The molecule has 1 atom stereocenters. The van der Waals surface area contributed by atoms with E-state index in [2.05, 4.69) is 43.7 Å². The Morgan fingerprint density at radius 3 is 2.50 bits per heavy atom. The summed E-state index contributed by atoms with van der Waals surface area (Å²) < 4.78 is 23.2. The van der Waals surface area contributed by atoms with Gasteiger partial charge >= 0.3 is 5.97 Å². The monoisotopic (exact) mass is 701 g/mol. The van der Waals surface area contributed by atoms with Gasteiger partial charge < -0.3 is 19.3 Å². The van der Waals surface area contributed by atoms with E-state index in [1.807, 2.05) is 48.5 Å². The number of hydrogen-bond acceptors (Lipinski definition) is 9. The molecule has 0 saturated carbocycles. The van der Waals surface area contributed by atoms with Crippen LogP contribution in [0.5, 0.6) is 11.5 Å². The Hall–Kier alpha value is -3.67. The van der Waals surface area contributed by atoms with E-state index in [9.17, 15) is 9.90 Å². The smallest absolute Gasteiger partial charge is 0.325 e. The first kappa shape index (κ1) is 33.2. The van der Waals surface area contributed by atoms with E-state index in [0.717, 1.165) is 26.7 Å². The quantitative estimate of drug-likeness (QED) is 0.126. The zero-order chi connectivity index (χ0) is 30.2. The molecule has 0 bridgehead atoms. The Bertz CT molecular complexity index is 1700. The van der Waals surface area contributed by atoms with E-state index in [1.54, 1.807) is 25.1 Å². The van der Waals surface area contributed by atoms with Gasteiger partial charge in [0.05, 0.1) is 18.2 Å². The SMILES string of the molecule is CCOC(=O)C(CO)NCc1cc(Cl)c(OCc2cccc(-c3ccccc3)c2Br)cc1OCc1ccc2nonc2c1.Cl. The van der Waals surface area contributed by atoms with Gasteiger partial charge in [0.15, 0.2) is 0 Å². The number of fused-ring (bicyclic) bond motifs is 1. The summed E-state index contributed by atoms with van der Waals surface area (Å²) in [4.78, 5) is 12.2. The van der Waals surface area contributed by atoms with Gasteiger partial charge in [-0.15, -0.1) is 12.4 Å². The highest BCUT2D eigenvalue weighted by molar-refractivity contribution is 9.10. The highest BCUT2D eigenvalue weighted by atomic mass is 79.9. The summed E-state index contributed by atoms with van der Waals surface area (Å²) in [7, 11) is 0. The van der Waals surface area contributed by atoms with Gasteiger partial charge in [0.2, 0.25) is 0 Å². The number of nitrogens with zero attached hydrogens (tertiary/aromatic N) is 2. The van der Waals surface area contributed by atoms with Crippen molar-refractivity contribution in [2.75, 3.05) is 13.2 Å². The Morgan fingerprint density at radius 1 is 0.955 bits per heavy atom. The molecule has 0 aliphatic carbocycles. The van der Waals surface area contributed by atoms with Gasteiger partial charge in [0, 0.05) is 28.2 Å². The molecule has 5 aromatic rings. The summed E-state index contributed by atoms with van der Waals surface area (Å²) in [6.45, 7) is 2.13. The van der Waals surface area contributed by atoms with Crippen molar-refractivity contribution in [3.63, 3.8) is 0 Å². The molecule has 1 heterocycles. The molecule has 0 amide bonds.